The fourth-order valence-electron chi connectivity index (χ4n) is 3.02. The summed E-state index contributed by atoms with van der Waals surface area (Å²) < 4.78 is 10.8. The SMILES string of the molecule is Cc1ccc(CN(Cc2ccccc2)C[C@@H](O)COCc2ccco2)cc1. The molecule has 0 spiro atoms. The first kappa shape index (κ1) is 19.4. The molecule has 0 saturated carbocycles. The van der Waals surface area contributed by atoms with Gasteiger partial charge in [0.25, 0.3) is 0 Å². The van der Waals surface area contributed by atoms with E-state index < -0.39 is 6.10 Å². The van der Waals surface area contributed by atoms with Crippen LogP contribution < -0.4 is 0 Å². The highest BCUT2D eigenvalue weighted by Gasteiger charge is 2.14. The van der Waals surface area contributed by atoms with Crippen LogP contribution in [0.3, 0.4) is 0 Å². The molecule has 0 aliphatic carbocycles. The lowest BCUT2D eigenvalue weighted by atomic mass is 10.1. The van der Waals surface area contributed by atoms with Crippen molar-refractivity contribution in [2.24, 2.45) is 0 Å². The van der Waals surface area contributed by atoms with Crippen LogP contribution in [0.2, 0.25) is 0 Å². The van der Waals surface area contributed by atoms with Crippen LogP contribution in [-0.2, 0) is 24.4 Å². The molecule has 3 aromatic rings. The van der Waals surface area contributed by atoms with E-state index in [-0.39, 0.29) is 6.61 Å². The van der Waals surface area contributed by atoms with E-state index in [4.69, 9.17) is 9.15 Å². The van der Waals surface area contributed by atoms with Crippen LogP contribution in [0.1, 0.15) is 22.5 Å². The van der Waals surface area contributed by atoms with Gasteiger partial charge in [-0.3, -0.25) is 4.90 Å². The van der Waals surface area contributed by atoms with Crippen LogP contribution in [0.15, 0.2) is 77.4 Å². The normalized spacial score (nSPS) is 12.4. The van der Waals surface area contributed by atoms with Crippen molar-refractivity contribution < 1.29 is 14.3 Å². The van der Waals surface area contributed by atoms with Crippen molar-refractivity contribution in [2.45, 2.75) is 32.7 Å². The smallest absolute Gasteiger partial charge is 0.129 e. The molecule has 0 aliphatic rings. The molecule has 2 aromatic carbocycles. The lowest BCUT2D eigenvalue weighted by molar-refractivity contribution is 0.00253. The average Bonchev–Trinajstić information content (AvgIpc) is 3.18. The van der Waals surface area contributed by atoms with Gasteiger partial charge in [0.1, 0.15) is 12.4 Å². The van der Waals surface area contributed by atoms with Gasteiger partial charge < -0.3 is 14.3 Å². The summed E-state index contributed by atoms with van der Waals surface area (Å²) >= 11 is 0. The molecule has 0 amide bonds. The Hall–Kier alpha value is -2.40. The molecule has 142 valence electrons. The molecule has 1 aromatic heterocycles. The zero-order valence-corrected chi connectivity index (χ0v) is 15.8. The molecule has 1 atom stereocenters. The van der Waals surface area contributed by atoms with E-state index in [1.807, 2.05) is 30.3 Å². The van der Waals surface area contributed by atoms with Crippen LogP contribution in [0.5, 0.6) is 0 Å². The molecule has 0 radical (unpaired) electrons. The van der Waals surface area contributed by atoms with Crippen LogP contribution in [0, 0.1) is 6.92 Å². The first-order chi connectivity index (χ1) is 13.2. The predicted molar refractivity (Wildman–Crippen MR) is 106 cm³/mol. The number of rotatable bonds is 10. The Balaban J connectivity index is 1.56. The van der Waals surface area contributed by atoms with Crippen molar-refractivity contribution in [1.82, 2.24) is 4.90 Å². The Morgan fingerprint density at radius 1 is 0.926 bits per heavy atom. The Kier molecular flexibility index (Phi) is 7.22. The summed E-state index contributed by atoms with van der Waals surface area (Å²) in [5.74, 6) is 0.767. The van der Waals surface area contributed by atoms with E-state index >= 15 is 0 Å². The molecule has 4 heteroatoms. The second-order valence-corrected chi connectivity index (χ2v) is 6.89. The standard InChI is InChI=1S/C23H27NO3/c1-19-9-11-21(12-10-19)15-24(14-20-6-3-2-4-7-20)16-22(25)17-26-18-23-8-5-13-27-23/h2-13,22,25H,14-18H2,1H3/t22-/m1/s1. The zero-order valence-electron chi connectivity index (χ0n) is 15.8. The summed E-state index contributed by atoms with van der Waals surface area (Å²) in [6, 6.07) is 22.6. The lowest BCUT2D eigenvalue weighted by Crippen LogP contribution is -2.34. The summed E-state index contributed by atoms with van der Waals surface area (Å²) in [6.45, 7) is 4.85. The number of benzene rings is 2. The molecule has 0 fully saturated rings. The van der Waals surface area contributed by atoms with Crippen molar-refractivity contribution in [3.05, 3.63) is 95.4 Å². The fourth-order valence-corrected chi connectivity index (χ4v) is 3.02. The number of hydrogen-bond donors (Lipinski definition) is 1. The number of furan rings is 1. The van der Waals surface area contributed by atoms with Gasteiger partial charge in [-0.05, 0) is 30.2 Å². The molecule has 0 aliphatic heterocycles. The van der Waals surface area contributed by atoms with Gasteiger partial charge in [-0.1, -0.05) is 60.2 Å². The minimum Gasteiger partial charge on any atom is -0.467 e. The maximum absolute atomic E-state index is 10.5. The molecule has 4 nitrogen and oxygen atoms in total. The quantitative estimate of drug-likeness (QED) is 0.586. The second-order valence-electron chi connectivity index (χ2n) is 6.89. The van der Waals surface area contributed by atoms with E-state index in [0.29, 0.717) is 13.2 Å². The van der Waals surface area contributed by atoms with Gasteiger partial charge in [0, 0.05) is 19.6 Å². The Bertz CT molecular complexity index is 769. The summed E-state index contributed by atoms with van der Waals surface area (Å²) in [5.41, 5.74) is 3.72. The van der Waals surface area contributed by atoms with E-state index in [1.54, 1.807) is 6.26 Å². The third kappa shape index (κ3) is 6.68. The number of aliphatic hydroxyl groups is 1. The molecule has 0 unspecified atom stereocenters. The van der Waals surface area contributed by atoms with Crippen molar-refractivity contribution in [2.75, 3.05) is 13.2 Å². The van der Waals surface area contributed by atoms with E-state index in [2.05, 4.69) is 48.2 Å². The Labute approximate surface area is 161 Å². The van der Waals surface area contributed by atoms with Crippen molar-refractivity contribution in [1.29, 1.82) is 0 Å². The number of aliphatic hydroxyl groups excluding tert-OH is 1. The molecule has 1 N–H and O–H groups in total. The Morgan fingerprint density at radius 2 is 1.63 bits per heavy atom. The fraction of sp³-hybridized carbons (Fsp3) is 0.304. The van der Waals surface area contributed by atoms with Crippen LogP contribution in [-0.4, -0.2) is 29.3 Å². The topological polar surface area (TPSA) is 45.8 Å². The molecule has 0 saturated heterocycles. The molecule has 0 bridgehead atoms. The van der Waals surface area contributed by atoms with Gasteiger partial charge in [-0.25, -0.2) is 0 Å². The third-order valence-electron chi connectivity index (χ3n) is 4.38. The number of hydrogen-bond acceptors (Lipinski definition) is 4. The van der Waals surface area contributed by atoms with Gasteiger partial charge >= 0.3 is 0 Å². The zero-order chi connectivity index (χ0) is 18.9. The van der Waals surface area contributed by atoms with E-state index in [1.165, 1.54) is 16.7 Å². The largest absolute Gasteiger partial charge is 0.467 e. The van der Waals surface area contributed by atoms with Gasteiger partial charge in [-0.15, -0.1) is 0 Å². The van der Waals surface area contributed by atoms with Gasteiger partial charge in [0.05, 0.1) is 19.0 Å². The number of aryl methyl sites for hydroxylation is 1. The van der Waals surface area contributed by atoms with Gasteiger partial charge in [-0.2, -0.15) is 0 Å². The van der Waals surface area contributed by atoms with Crippen LogP contribution >= 0.6 is 0 Å². The number of ether oxygens (including phenoxy) is 1. The highest BCUT2D eigenvalue weighted by molar-refractivity contribution is 5.21. The summed E-state index contributed by atoms with van der Waals surface area (Å²) in [6.07, 6.45) is 1.06. The van der Waals surface area contributed by atoms with Crippen LogP contribution in [0.4, 0.5) is 0 Å². The van der Waals surface area contributed by atoms with E-state index in [9.17, 15) is 5.11 Å². The maximum atomic E-state index is 10.5. The predicted octanol–water partition coefficient (Wildman–Crippen LogP) is 4.17. The molecule has 27 heavy (non-hydrogen) atoms. The average molecular weight is 365 g/mol. The Morgan fingerprint density at radius 3 is 2.30 bits per heavy atom. The second kappa shape index (κ2) is 10.1. The minimum atomic E-state index is -0.561. The van der Waals surface area contributed by atoms with Crippen LogP contribution in [0.25, 0.3) is 0 Å². The summed E-state index contributed by atoms with van der Waals surface area (Å²) in [4.78, 5) is 2.25. The first-order valence-electron chi connectivity index (χ1n) is 9.29. The monoisotopic (exact) mass is 365 g/mol. The first-order valence-corrected chi connectivity index (χ1v) is 9.29. The maximum Gasteiger partial charge on any atom is 0.129 e. The summed E-state index contributed by atoms with van der Waals surface area (Å²) in [7, 11) is 0. The van der Waals surface area contributed by atoms with E-state index in [0.717, 1.165) is 18.8 Å². The lowest BCUT2D eigenvalue weighted by Gasteiger charge is -2.25. The molecule has 1 heterocycles. The highest BCUT2D eigenvalue weighted by Crippen LogP contribution is 2.12. The number of nitrogens with zero attached hydrogens (tertiary/aromatic N) is 1. The van der Waals surface area contributed by atoms with Crippen molar-refractivity contribution >= 4 is 0 Å². The highest BCUT2D eigenvalue weighted by atomic mass is 16.5. The third-order valence-corrected chi connectivity index (χ3v) is 4.38. The molecular formula is C23H27NO3. The molecular weight excluding hydrogens is 338 g/mol. The van der Waals surface area contributed by atoms with Gasteiger partial charge in [0.15, 0.2) is 0 Å². The van der Waals surface area contributed by atoms with Crippen molar-refractivity contribution in [3.63, 3.8) is 0 Å². The van der Waals surface area contributed by atoms with Crippen molar-refractivity contribution in [3.8, 4) is 0 Å². The summed E-state index contributed by atoms with van der Waals surface area (Å²) in [5, 5.41) is 10.5. The minimum absolute atomic E-state index is 0.278. The van der Waals surface area contributed by atoms with Gasteiger partial charge in [0.2, 0.25) is 0 Å². The molecule has 3 rings (SSSR count).